The fourth-order valence-electron chi connectivity index (χ4n) is 3.16. The van der Waals surface area contributed by atoms with Gasteiger partial charge >= 0.3 is 0 Å². The number of nitrogens with two attached hydrogens (primary N) is 1. The van der Waals surface area contributed by atoms with Gasteiger partial charge in [-0.2, -0.15) is 0 Å². The van der Waals surface area contributed by atoms with Crippen molar-refractivity contribution in [3.8, 4) is 11.1 Å². The highest BCUT2D eigenvalue weighted by Crippen LogP contribution is 2.22. The van der Waals surface area contributed by atoms with Gasteiger partial charge in [0.2, 0.25) is 0 Å². The minimum absolute atomic E-state index is 0.260. The van der Waals surface area contributed by atoms with Crippen LogP contribution in [0.1, 0.15) is 57.9 Å². The molecule has 0 fully saturated rings. The molecule has 0 aliphatic carbocycles. The first kappa shape index (κ1) is 21.5. The molecule has 0 aliphatic rings. The first-order chi connectivity index (χ1) is 13.1. The Morgan fingerprint density at radius 3 is 2.00 bits per heavy atom. The first-order valence-electron chi connectivity index (χ1n) is 10.5. The maximum Gasteiger partial charge on any atom is 0.0680 e. The summed E-state index contributed by atoms with van der Waals surface area (Å²) in [6.07, 6.45) is 8.74. The summed E-state index contributed by atoms with van der Waals surface area (Å²) in [5.74, 6) is 0. The number of unbranched alkanes of at least 4 members (excludes halogenated alkanes) is 5. The van der Waals surface area contributed by atoms with Gasteiger partial charge in [-0.3, -0.25) is 0 Å². The molecule has 4 N–H and O–H groups in total. The highest BCUT2D eigenvalue weighted by Gasteiger charge is 2.08. The van der Waals surface area contributed by atoms with E-state index in [2.05, 4.69) is 60.8 Å². The zero-order chi connectivity index (χ0) is 19.5. The third kappa shape index (κ3) is 7.74. The van der Waals surface area contributed by atoms with E-state index in [1.165, 1.54) is 61.6 Å². The molecule has 0 saturated heterocycles. The lowest BCUT2D eigenvalue weighted by atomic mass is 10.0. The summed E-state index contributed by atoms with van der Waals surface area (Å²) in [5, 5.41) is 12.7. The lowest BCUT2D eigenvalue weighted by Crippen LogP contribution is -2.38. The first-order valence-corrected chi connectivity index (χ1v) is 10.5. The van der Waals surface area contributed by atoms with Crippen LogP contribution >= 0.6 is 0 Å². The van der Waals surface area contributed by atoms with E-state index in [0.717, 1.165) is 5.69 Å². The molecule has 0 amide bonds. The molecule has 2 rings (SSSR count). The summed E-state index contributed by atoms with van der Waals surface area (Å²) < 4.78 is 0. The molecule has 0 radical (unpaired) electrons. The van der Waals surface area contributed by atoms with Gasteiger partial charge in [0.15, 0.2) is 0 Å². The van der Waals surface area contributed by atoms with E-state index in [4.69, 9.17) is 5.73 Å². The second kappa shape index (κ2) is 11.8. The van der Waals surface area contributed by atoms with Crippen molar-refractivity contribution in [1.82, 2.24) is 0 Å². The van der Waals surface area contributed by atoms with Gasteiger partial charge in [-0.25, -0.2) is 0 Å². The van der Waals surface area contributed by atoms with Crippen LogP contribution in [0.3, 0.4) is 0 Å². The van der Waals surface area contributed by atoms with Gasteiger partial charge in [-0.1, -0.05) is 75.4 Å². The van der Waals surface area contributed by atoms with Crippen LogP contribution in [0.4, 0.5) is 5.69 Å². The van der Waals surface area contributed by atoms with Gasteiger partial charge in [0, 0.05) is 18.3 Å². The molecule has 0 bridgehead atoms. The van der Waals surface area contributed by atoms with Gasteiger partial charge in [-0.15, -0.1) is 0 Å². The Morgan fingerprint density at radius 1 is 0.852 bits per heavy atom. The number of rotatable bonds is 12. The summed E-state index contributed by atoms with van der Waals surface area (Å²) >= 11 is 0. The Bertz CT molecular complexity index is 634. The fraction of sp³-hybridized carbons (Fsp3) is 0.500. The highest BCUT2D eigenvalue weighted by atomic mass is 16.3. The number of aliphatic hydroxyl groups is 1. The molecule has 148 valence electrons. The second-order valence-electron chi connectivity index (χ2n) is 7.58. The predicted molar refractivity (Wildman–Crippen MR) is 117 cm³/mol. The van der Waals surface area contributed by atoms with Crippen LogP contribution in [-0.4, -0.2) is 23.8 Å². The topological polar surface area (TPSA) is 58.3 Å². The fourth-order valence-corrected chi connectivity index (χ4v) is 3.16. The van der Waals surface area contributed by atoms with Crippen LogP contribution in [0.2, 0.25) is 0 Å². The van der Waals surface area contributed by atoms with Crippen molar-refractivity contribution in [1.29, 1.82) is 0 Å². The average molecular weight is 369 g/mol. The van der Waals surface area contributed by atoms with Crippen molar-refractivity contribution in [3.05, 3.63) is 54.1 Å². The molecule has 0 unspecified atom stereocenters. The summed E-state index contributed by atoms with van der Waals surface area (Å²) in [4.78, 5) is 0. The average Bonchev–Trinajstić information content (AvgIpc) is 2.69. The van der Waals surface area contributed by atoms with Gasteiger partial charge in [-0.05, 0) is 48.6 Å². The maximum atomic E-state index is 9.45. The van der Waals surface area contributed by atoms with Gasteiger partial charge in [0.05, 0.1) is 6.10 Å². The highest BCUT2D eigenvalue weighted by molar-refractivity contribution is 5.66. The van der Waals surface area contributed by atoms with Crippen molar-refractivity contribution >= 4 is 5.69 Å². The summed E-state index contributed by atoms with van der Waals surface area (Å²) in [7, 11) is 0. The summed E-state index contributed by atoms with van der Waals surface area (Å²) in [5.41, 5.74) is 10.8. The standard InChI is InChI=1S/C24H36N2O/c1-3-4-5-6-7-8-9-20-10-12-21(13-11-20)22-14-16-23(17-15-22)26-18-24(25)19(2)27/h10-17,19,24,26-27H,3-9,18,25H2,1-2H3/t19-,24-/m1/s1. The Labute approximate surface area is 165 Å². The molecular formula is C24H36N2O. The van der Waals surface area contributed by atoms with Crippen molar-refractivity contribution < 1.29 is 5.11 Å². The van der Waals surface area contributed by atoms with Crippen molar-refractivity contribution in [3.63, 3.8) is 0 Å². The summed E-state index contributed by atoms with van der Waals surface area (Å²) in [6, 6.07) is 17.1. The predicted octanol–water partition coefficient (Wildman–Crippen LogP) is 5.38. The molecule has 0 aliphatic heterocycles. The van der Waals surface area contributed by atoms with Crippen LogP contribution in [0.25, 0.3) is 11.1 Å². The van der Waals surface area contributed by atoms with E-state index in [1.54, 1.807) is 6.92 Å². The Hall–Kier alpha value is -1.84. The molecule has 0 spiro atoms. The lowest BCUT2D eigenvalue weighted by Gasteiger charge is -2.16. The van der Waals surface area contributed by atoms with Crippen molar-refractivity contribution in [2.75, 3.05) is 11.9 Å². The van der Waals surface area contributed by atoms with Crippen molar-refractivity contribution in [2.24, 2.45) is 5.73 Å². The number of benzene rings is 2. The van der Waals surface area contributed by atoms with E-state index < -0.39 is 6.10 Å². The molecule has 27 heavy (non-hydrogen) atoms. The number of aliphatic hydroxyl groups excluding tert-OH is 1. The SMILES string of the molecule is CCCCCCCCc1ccc(-c2ccc(NC[C@@H](N)[C@@H](C)O)cc2)cc1. The van der Waals surface area contributed by atoms with E-state index in [1.807, 2.05) is 0 Å². The maximum absolute atomic E-state index is 9.45. The van der Waals surface area contributed by atoms with Gasteiger partial charge < -0.3 is 16.2 Å². The number of anilines is 1. The number of hydrogen-bond acceptors (Lipinski definition) is 3. The molecule has 2 aromatic rings. The Kier molecular flexibility index (Phi) is 9.37. The molecule has 0 heterocycles. The summed E-state index contributed by atoms with van der Waals surface area (Å²) in [6.45, 7) is 4.54. The molecule has 2 aromatic carbocycles. The van der Waals surface area contributed by atoms with E-state index >= 15 is 0 Å². The largest absolute Gasteiger partial charge is 0.392 e. The zero-order valence-corrected chi connectivity index (χ0v) is 17.0. The minimum Gasteiger partial charge on any atom is -0.392 e. The number of nitrogens with one attached hydrogen (secondary N) is 1. The Morgan fingerprint density at radius 2 is 1.41 bits per heavy atom. The van der Waals surface area contributed by atoms with Crippen molar-refractivity contribution in [2.45, 2.75) is 70.9 Å². The third-order valence-corrected chi connectivity index (χ3v) is 5.15. The van der Waals surface area contributed by atoms with Crippen LogP contribution in [0, 0.1) is 0 Å². The van der Waals surface area contributed by atoms with Crippen LogP contribution < -0.4 is 11.1 Å². The Balaban J connectivity index is 1.80. The van der Waals surface area contributed by atoms with E-state index in [9.17, 15) is 5.11 Å². The molecule has 0 aromatic heterocycles. The smallest absolute Gasteiger partial charge is 0.0680 e. The molecule has 3 heteroatoms. The van der Waals surface area contributed by atoms with Crippen LogP contribution in [0.15, 0.2) is 48.5 Å². The van der Waals surface area contributed by atoms with Gasteiger partial charge in [0.1, 0.15) is 0 Å². The zero-order valence-electron chi connectivity index (χ0n) is 17.0. The lowest BCUT2D eigenvalue weighted by molar-refractivity contribution is 0.168. The molecule has 2 atom stereocenters. The second-order valence-corrected chi connectivity index (χ2v) is 7.58. The number of hydrogen-bond donors (Lipinski definition) is 3. The van der Waals surface area contributed by atoms with Gasteiger partial charge in [0.25, 0.3) is 0 Å². The van der Waals surface area contributed by atoms with E-state index in [-0.39, 0.29) is 6.04 Å². The molecule has 0 saturated carbocycles. The van der Waals surface area contributed by atoms with Crippen LogP contribution in [0.5, 0.6) is 0 Å². The quantitative estimate of drug-likeness (QED) is 0.441. The van der Waals surface area contributed by atoms with E-state index in [0.29, 0.717) is 6.54 Å². The minimum atomic E-state index is -0.508. The third-order valence-electron chi connectivity index (χ3n) is 5.15. The van der Waals surface area contributed by atoms with Crippen LogP contribution in [-0.2, 0) is 6.42 Å². The number of aryl methyl sites for hydroxylation is 1. The molecule has 3 nitrogen and oxygen atoms in total. The monoisotopic (exact) mass is 368 g/mol. The molecular weight excluding hydrogens is 332 g/mol. The normalized spacial score (nSPS) is 13.3.